The first-order valence-corrected chi connectivity index (χ1v) is 9.24. The molecule has 13 heteroatoms. The molecule has 0 amide bonds. The standard InChI is InChI=1S/C12H16BN5O6P/c1-2-21-12-17-6-9(14)15-4-16-10(6)18(12)11-7(19)8-5(23-11)3-22-25(13,20)24-8/h4-5,7-8,11,19-20H,2-3H2,1H3,(H2,14,15,16)/q+1/t5-,7-,8-,11-,25?/m1/s1. The van der Waals surface area contributed by atoms with Crippen LogP contribution in [0.1, 0.15) is 13.2 Å². The van der Waals surface area contributed by atoms with Crippen molar-refractivity contribution in [3.8, 4) is 6.01 Å². The first kappa shape index (κ1) is 16.9. The molecule has 0 aromatic carbocycles. The molecular weight excluding hydrogens is 352 g/mol. The maximum absolute atomic E-state index is 10.7. The Hall–Kier alpha value is -1.56. The molecule has 0 spiro atoms. The minimum absolute atomic E-state index is 0.00722. The van der Waals surface area contributed by atoms with Crippen LogP contribution in [-0.2, 0) is 13.8 Å². The lowest BCUT2D eigenvalue weighted by Crippen LogP contribution is -2.40. The van der Waals surface area contributed by atoms with Gasteiger partial charge in [0.2, 0.25) is 0 Å². The van der Waals surface area contributed by atoms with Crippen LogP contribution in [0.15, 0.2) is 6.33 Å². The van der Waals surface area contributed by atoms with Crippen LogP contribution in [0.4, 0.5) is 5.82 Å². The lowest BCUT2D eigenvalue weighted by atomic mass is 10.1. The summed E-state index contributed by atoms with van der Waals surface area (Å²) in [5, 5.41) is 10.7. The highest BCUT2D eigenvalue weighted by molar-refractivity contribution is 7.85. The molecule has 0 bridgehead atoms. The molecule has 4 heterocycles. The number of nitrogen functional groups attached to an aromatic ring is 1. The van der Waals surface area contributed by atoms with Crippen LogP contribution in [0.3, 0.4) is 0 Å². The van der Waals surface area contributed by atoms with Gasteiger partial charge < -0.3 is 20.3 Å². The fourth-order valence-electron chi connectivity index (χ4n) is 2.95. The van der Waals surface area contributed by atoms with E-state index in [1.807, 2.05) is 0 Å². The van der Waals surface area contributed by atoms with E-state index in [0.29, 0.717) is 17.8 Å². The summed E-state index contributed by atoms with van der Waals surface area (Å²) in [6.45, 7) is 2.12. The Balaban J connectivity index is 1.77. The minimum atomic E-state index is -3.47. The van der Waals surface area contributed by atoms with Gasteiger partial charge in [-0.1, -0.05) is 0 Å². The molecule has 2 aliphatic rings. The Morgan fingerprint density at radius 2 is 2.32 bits per heavy atom. The zero-order valence-electron chi connectivity index (χ0n) is 13.2. The zero-order chi connectivity index (χ0) is 17.8. The molecule has 4 N–H and O–H groups in total. The Kier molecular flexibility index (Phi) is 4.06. The van der Waals surface area contributed by atoms with E-state index in [9.17, 15) is 10.00 Å². The van der Waals surface area contributed by atoms with Gasteiger partial charge in [-0.2, -0.15) is 14.0 Å². The minimum Gasteiger partial charge on any atom is -0.465 e. The quantitative estimate of drug-likeness (QED) is 0.470. The van der Waals surface area contributed by atoms with Gasteiger partial charge in [0.1, 0.15) is 25.1 Å². The van der Waals surface area contributed by atoms with E-state index in [-0.39, 0.29) is 18.4 Å². The third-order valence-corrected chi connectivity index (χ3v) is 5.07. The third kappa shape index (κ3) is 2.75. The molecule has 2 aromatic heterocycles. The Morgan fingerprint density at radius 1 is 1.52 bits per heavy atom. The number of aliphatic hydroxyl groups excluding tert-OH is 1. The second kappa shape index (κ2) is 6.01. The van der Waals surface area contributed by atoms with Crippen LogP contribution in [0.25, 0.3) is 11.2 Å². The van der Waals surface area contributed by atoms with Crippen molar-refractivity contribution in [1.29, 1.82) is 0 Å². The van der Waals surface area contributed by atoms with Crippen LogP contribution in [0.2, 0.25) is 0 Å². The number of aliphatic hydroxyl groups is 1. The van der Waals surface area contributed by atoms with Gasteiger partial charge in [-0.05, 0) is 6.92 Å². The normalized spacial score (nSPS) is 35.0. The molecule has 2 radical (unpaired) electrons. The molecule has 11 nitrogen and oxygen atoms in total. The maximum atomic E-state index is 10.7. The summed E-state index contributed by atoms with van der Waals surface area (Å²) < 4.78 is 23.2. The highest BCUT2D eigenvalue weighted by Gasteiger charge is 2.57. The number of hydrogen-bond acceptors (Lipinski definition) is 10. The van der Waals surface area contributed by atoms with Gasteiger partial charge in [0.15, 0.2) is 29.3 Å². The Labute approximate surface area is 144 Å². The number of fused-ring (bicyclic) bond motifs is 2. The number of ether oxygens (including phenoxy) is 2. The molecule has 25 heavy (non-hydrogen) atoms. The van der Waals surface area contributed by atoms with Crippen LogP contribution < -0.4 is 10.5 Å². The predicted octanol–water partition coefficient (Wildman–Crippen LogP) is -0.681. The molecule has 2 fully saturated rings. The van der Waals surface area contributed by atoms with Gasteiger partial charge >= 0.3 is 21.4 Å². The molecule has 0 saturated carbocycles. The van der Waals surface area contributed by atoms with E-state index in [4.69, 9.17) is 31.8 Å². The average Bonchev–Trinajstić information content (AvgIpc) is 3.06. The second-order valence-electron chi connectivity index (χ2n) is 5.61. The van der Waals surface area contributed by atoms with Crippen LogP contribution >= 0.6 is 7.82 Å². The summed E-state index contributed by atoms with van der Waals surface area (Å²) in [7, 11) is 2.05. The van der Waals surface area contributed by atoms with E-state index < -0.39 is 32.4 Å². The highest BCUT2D eigenvalue weighted by atomic mass is 31.2. The molecule has 0 aliphatic carbocycles. The molecule has 2 saturated heterocycles. The van der Waals surface area contributed by atoms with Crippen molar-refractivity contribution in [1.82, 2.24) is 19.5 Å². The molecule has 132 valence electrons. The van der Waals surface area contributed by atoms with E-state index in [0.717, 1.165) is 0 Å². The number of anilines is 1. The van der Waals surface area contributed by atoms with Crippen molar-refractivity contribution >= 4 is 32.4 Å². The van der Waals surface area contributed by atoms with E-state index in [1.165, 1.54) is 10.9 Å². The van der Waals surface area contributed by atoms with E-state index in [1.54, 1.807) is 6.92 Å². The monoisotopic (exact) mass is 368 g/mol. The summed E-state index contributed by atoms with van der Waals surface area (Å²) in [6, 6.07) is 0.172. The average molecular weight is 368 g/mol. The lowest BCUT2D eigenvalue weighted by molar-refractivity contribution is -0.0623. The Morgan fingerprint density at radius 3 is 3.08 bits per heavy atom. The van der Waals surface area contributed by atoms with Gasteiger partial charge in [-0.3, -0.25) is 0 Å². The van der Waals surface area contributed by atoms with Crippen molar-refractivity contribution in [2.24, 2.45) is 0 Å². The number of imidazole rings is 1. The number of aromatic nitrogens is 4. The molecule has 2 aromatic rings. The fourth-order valence-corrected chi connectivity index (χ4v) is 3.98. The smallest absolute Gasteiger partial charge is 0.465 e. The number of rotatable bonds is 3. The van der Waals surface area contributed by atoms with Crippen molar-refractivity contribution < 1.29 is 28.5 Å². The number of nitrogens with two attached hydrogens (primary N) is 1. The third-order valence-electron chi connectivity index (χ3n) is 4.01. The first-order valence-electron chi connectivity index (χ1n) is 7.59. The second-order valence-corrected chi connectivity index (χ2v) is 7.21. The highest BCUT2D eigenvalue weighted by Crippen LogP contribution is 2.58. The summed E-state index contributed by atoms with van der Waals surface area (Å²) in [5.74, 6) is 0.177. The van der Waals surface area contributed by atoms with Gasteiger partial charge in [-0.15, -0.1) is 0 Å². The van der Waals surface area contributed by atoms with Crippen molar-refractivity contribution in [3.63, 3.8) is 0 Å². The van der Waals surface area contributed by atoms with Crippen molar-refractivity contribution in [3.05, 3.63) is 6.33 Å². The number of hydrogen-bond donors (Lipinski definition) is 3. The fraction of sp³-hybridized carbons (Fsp3) is 0.583. The topological polar surface area (TPSA) is 147 Å². The van der Waals surface area contributed by atoms with Gasteiger partial charge in [0.05, 0.1) is 6.61 Å². The molecule has 4 rings (SSSR count). The molecule has 1 unspecified atom stereocenters. The first-order chi connectivity index (χ1) is 11.9. The lowest BCUT2D eigenvalue weighted by Gasteiger charge is -2.27. The summed E-state index contributed by atoms with van der Waals surface area (Å²) in [6.07, 6.45) is -2.28. The van der Waals surface area contributed by atoms with Crippen LogP contribution in [0, 0.1) is 0 Å². The summed E-state index contributed by atoms with van der Waals surface area (Å²) in [4.78, 5) is 22.2. The summed E-state index contributed by atoms with van der Waals surface area (Å²) >= 11 is 0. The molecule has 2 aliphatic heterocycles. The largest absolute Gasteiger partial charge is 0.488 e. The SMILES string of the molecule is [B][P+]1(O)OC[C@H]2O[C@@H](n3c(OCC)nc4c(N)ncnc43)[C@H](O)[C@@H]2O1. The number of nitrogens with zero attached hydrogens (tertiary/aromatic N) is 4. The van der Waals surface area contributed by atoms with E-state index in [2.05, 4.69) is 15.0 Å². The maximum Gasteiger partial charge on any atom is 0.488 e. The van der Waals surface area contributed by atoms with Crippen LogP contribution in [0.5, 0.6) is 6.01 Å². The Bertz CT molecular complexity index is 806. The van der Waals surface area contributed by atoms with Gasteiger partial charge in [-0.25, -0.2) is 19.4 Å². The molecule has 5 atom stereocenters. The van der Waals surface area contributed by atoms with Crippen LogP contribution in [-0.4, -0.2) is 68.6 Å². The predicted molar refractivity (Wildman–Crippen MR) is 86.5 cm³/mol. The molecular formula is C12H16BN5O6P+. The van der Waals surface area contributed by atoms with Crippen molar-refractivity contribution in [2.75, 3.05) is 18.9 Å². The van der Waals surface area contributed by atoms with Gasteiger partial charge in [0.25, 0.3) is 0 Å². The van der Waals surface area contributed by atoms with Gasteiger partial charge in [0, 0.05) is 0 Å². The summed E-state index contributed by atoms with van der Waals surface area (Å²) in [5.41, 5.74) is 6.52. The zero-order valence-corrected chi connectivity index (χ0v) is 14.1. The van der Waals surface area contributed by atoms with Crippen molar-refractivity contribution in [2.45, 2.75) is 31.5 Å². The van der Waals surface area contributed by atoms with E-state index >= 15 is 0 Å².